The number of methoxy groups -OCH3 is 1. The average Bonchev–Trinajstić information content (AvgIpc) is 3.61. The number of rotatable bonds is 4. The van der Waals surface area contributed by atoms with Crippen LogP contribution in [0.15, 0.2) is 66.7 Å². The van der Waals surface area contributed by atoms with E-state index in [0.717, 1.165) is 70.0 Å². The van der Waals surface area contributed by atoms with Gasteiger partial charge in [0, 0.05) is 41.8 Å². The summed E-state index contributed by atoms with van der Waals surface area (Å²) in [6, 6.07) is 22.5. The quantitative estimate of drug-likeness (QED) is 0.241. The number of phenols is 1. The van der Waals surface area contributed by atoms with E-state index in [1.807, 2.05) is 36.4 Å². The van der Waals surface area contributed by atoms with Gasteiger partial charge in [-0.15, -0.1) is 12.4 Å². The molecule has 1 atom stereocenters. The molecule has 1 N–H and O–H groups in total. The summed E-state index contributed by atoms with van der Waals surface area (Å²) in [7, 11) is 1.60. The van der Waals surface area contributed by atoms with E-state index in [0.29, 0.717) is 23.9 Å². The van der Waals surface area contributed by atoms with Crippen molar-refractivity contribution in [2.45, 2.75) is 32.0 Å². The highest BCUT2D eigenvalue weighted by molar-refractivity contribution is 6.30. The van der Waals surface area contributed by atoms with Crippen molar-refractivity contribution < 1.29 is 19.3 Å². The van der Waals surface area contributed by atoms with Crippen LogP contribution >= 0.6 is 24.0 Å². The minimum absolute atomic E-state index is 0. The molecule has 0 saturated heterocycles. The topological polar surface area (TPSA) is 69.0 Å². The molecule has 0 fully saturated rings. The molecule has 0 aliphatic carbocycles. The normalized spacial score (nSPS) is 16.9. The summed E-state index contributed by atoms with van der Waals surface area (Å²) in [5, 5.41) is 12.1. The van der Waals surface area contributed by atoms with Crippen LogP contribution in [0.5, 0.6) is 23.0 Å². The first-order valence-corrected chi connectivity index (χ1v) is 14.2. The highest BCUT2D eigenvalue weighted by atomic mass is 35.5. The third kappa shape index (κ3) is 4.26. The molecular weight excluding hydrogens is 573 g/mol. The number of nitrogens with zero attached hydrogens (tertiary/aromatic N) is 3. The van der Waals surface area contributed by atoms with E-state index >= 15 is 0 Å². The number of aromatic hydroxyl groups is 1. The number of hydrogen-bond acceptors (Lipinski definition) is 6. The van der Waals surface area contributed by atoms with Gasteiger partial charge in [0.2, 0.25) is 6.79 Å². The zero-order chi connectivity index (χ0) is 27.7. The number of imidazole rings is 1. The van der Waals surface area contributed by atoms with Crippen LogP contribution in [0.4, 0.5) is 0 Å². The minimum atomic E-state index is 0. The monoisotopic (exact) mass is 601 g/mol. The van der Waals surface area contributed by atoms with E-state index in [2.05, 4.69) is 39.8 Å². The van der Waals surface area contributed by atoms with Crippen molar-refractivity contribution in [3.8, 4) is 34.4 Å². The van der Waals surface area contributed by atoms with E-state index in [1.54, 1.807) is 7.11 Å². The second-order valence-corrected chi connectivity index (χ2v) is 11.3. The van der Waals surface area contributed by atoms with Gasteiger partial charge in [-0.2, -0.15) is 0 Å². The minimum Gasteiger partial charge on any atom is -0.504 e. The smallest absolute Gasteiger partial charge is 0.231 e. The van der Waals surface area contributed by atoms with Crippen LogP contribution in [0, 0.1) is 0 Å². The molecule has 0 bridgehead atoms. The van der Waals surface area contributed by atoms with Crippen LogP contribution in [0.3, 0.4) is 0 Å². The maximum absolute atomic E-state index is 11.4. The molecule has 3 aliphatic heterocycles. The fourth-order valence-corrected chi connectivity index (χ4v) is 6.81. The summed E-state index contributed by atoms with van der Waals surface area (Å²) in [5.74, 6) is 3.15. The largest absolute Gasteiger partial charge is 0.504 e. The Balaban J connectivity index is 0.00000288. The number of benzene rings is 4. The Labute approximate surface area is 254 Å². The summed E-state index contributed by atoms with van der Waals surface area (Å²) < 4.78 is 19.4. The van der Waals surface area contributed by atoms with Gasteiger partial charge in [0.15, 0.2) is 23.0 Å². The fourth-order valence-electron chi connectivity index (χ4n) is 6.68. The molecular formula is C33H29Cl2N3O4. The van der Waals surface area contributed by atoms with Gasteiger partial charge in [-0.3, -0.25) is 4.90 Å². The Morgan fingerprint density at radius 3 is 2.62 bits per heavy atom. The third-order valence-electron chi connectivity index (χ3n) is 8.71. The highest BCUT2D eigenvalue weighted by Crippen LogP contribution is 2.49. The summed E-state index contributed by atoms with van der Waals surface area (Å²) >= 11 is 6.19. The SMILES string of the molecule is COc1cc(-c2nc3ccccc3n2Cc2ccc(Cl)cc2)c2c(c1O)CN1CCc3cc4c(cc3C1C2)OCO4.Cl. The number of halogens is 2. The van der Waals surface area contributed by atoms with Gasteiger partial charge < -0.3 is 23.9 Å². The molecule has 4 aromatic carbocycles. The lowest BCUT2D eigenvalue weighted by molar-refractivity contribution is 0.158. The molecule has 0 saturated carbocycles. The molecule has 4 heterocycles. The summed E-state index contributed by atoms with van der Waals surface area (Å²) in [6.07, 6.45) is 1.66. The number of ether oxygens (including phenoxy) is 3. The van der Waals surface area contributed by atoms with Crippen molar-refractivity contribution in [3.05, 3.63) is 99.6 Å². The van der Waals surface area contributed by atoms with E-state index < -0.39 is 0 Å². The van der Waals surface area contributed by atoms with Crippen LogP contribution in [0.2, 0.25) is 5.02 Å². The van der Waals surface area contributed by atoms with Gasteiger partial charge in [-0.25, -0.2) is 4.98 Å². The Kier molecular flexibility index (Phi) is 6.69. The van der Waals surface area contributed by atoms with Gasteiger partial charge in [-0.1, -0.05) is 35.9 Å². The molecule has 5 aromatic rings. The lowest BCUT2D eigenvalue weighted by Gasteiger charge is -2.42. The van der Waals surface area contributed by atoms with Crippen LogP contribution in [0.25, 0.3) is 22.4 Å². The Hall–Kier alpha value is -3.91. The lowest BCUT2D eigenvalue weighted by atomic mass is 9.81. The van der Waals surface area contributed by atoms with Gasteiger partial charge >= 0.3 is 0 Å². The van der Waals surface area contributed by atoms with Gasteiger partial charge in [0.25, 0.3) is 0 Å². The number of hydrogen-bond donors (Lipinski definition) is 1. The first-order chi connectivity index (χ1) is 20.1. The summed E-state index contributed by atoms with van der Waals surface area (Å²) in [6.45, 7) is 2.42. The van der Waals surface area contributed by atoms with E-state index in [4.69, 9.17) is 30.8 Å². The Bertz CT molecular complexity index is 1840. The first kappa shape index (κ1) is 27.0. The predicted molar refractivity (Wildman–Crippen MR) is 164 cm³/mol. The molecule has 7 nitrogen and oxygen atoms in total. The average molecular weight is 603 g/mol. The maximum atomic E-state index is 11.4. The van der Waals surface area contributed by atoms with Crippen molar-refractivity contribution in [2.75, 3.05) is 20.4 Å². The van der Waals surface area contributed by atoms with Gasteiger partial charge in [-0.05, 0) is 77.6 Å². The van der Waals surface area contributed by atoms with E-state index in [1.165, 1.54) is 11.1 Å². The Morgan fingerprint density at radius 2 is 1.81 bits per heavy atom. The van der Waals surface area contributed by atoms with Crippen molar-refractivity contribution in [3.63, 3.8) is 0 Å². The first-order valence-electron chi connectivity index (χ1n) is 13.9. The molecule has 42 heavy (non-hydrogen) atoms. The molecule has 3 aliphatic rings. The van der Waals surface area contributed by atoms with Gasteiger partial charge in [0.05, 0.1) is 18.1 Å². The number of aromatic nitrogens is 2. The van der Waals surface area contributed by atoms with Crippen LogP contribution in [-0.2, 0) is 25.9 Å². The van der Waals surface area contributed by atoms with Crippen molar-refractivity contribution in [1.82, 2.24) is 14.5 Å². The fraction of sp³-hybridized carbons (Fsp3) is 0.242. The van der Waals surface area contributed by atoms with Crippen molar-refractivity contribution in [2.24, 2.45) is 0 Å². The highest BCUT2D eigenvalue weighted by Gasteiger charge is 2.37. The van der Waals surface area contributed by atoms with Crippen LogP contribution in [-0.4, -0.2) is 40.0 Å². The third-order valence-corrected chi connectivity index (χ3v) is 8.97. The van der Waals surface area contributed by atoms with E-state index in [-0.39, 0.29) is 31.0 Å². The predicted octanol–water partition coefficient (Wildman–Crippen LogP) is 6.93. The molecule has 0 amide bonds. The Morgan fingerprint density at radius 1 is 1.02 bits per heavy atom. The molecule has 1 aromatic heterocycles. The number of para-hydroxylation sites is 2. The molecule has 1 unspecified atom stereocenters. The molecule has 0 spiro atoms. The second kappa shape index (κ2) is 10.4. The molecule has 9 heteroatoms. The van der Waals surface area contributed by atoms with Crippen molar-refractivity contribution in [1.29, 1.82) is 0 Å². The van der Waals surface area contributed by atoms with Crippen molar-refractivity contribution >= 4 is 35.0 Å². The maximum Gasteiger partial charge on any atom is 0.231 e. The van der Waals surface area contributed by atoms with E-state index in [9.17, 15) is 5.11 Å². The lowest BCUT2D eigenvalue weighted by Crippen LogP contribution is -2.39. The standard InChI is InChI=1S/C33H28ClN3O4.ClH/c1-39-31-15-24(33-35-26-4-2-3-5-27(26)37(33)16-19-6-8-21(34)9-7-19)23-13-28-22-14-30-29(40-18-41-30)12-20(22)10-11-36(28)17-25(23)32(31)38;/h2-9,12,14-15,28,38H,10-11,13,16-18H2,1H3;1H. The molecule has 0 radical (unpaired) electrons. The zero-order valence-electron chi connectivity index (χ0n) is 23.0. The number of phenolic OH excluding ortho intramolecular Hbond substituents is 1. The number of fused-ring (bicyclic) bond motifs is 6. The van der Waals surface area contributed by atoms with Gasteiger partial charge in [0.1, 0.15) is 5.82 Å². The molecule has 8 rings (SSSR count). The molecule has 214 valence electrons. The summed E-state index contributed by atoms with van der Waals surface area (Å²) in [4.78, 5) is 7.61. The zero-order valence-corrected chi connectivity index (χ0v) is 24.5. The second-order valence-electron chi connectivity index (χ2n) is 10.9. The van der Waals surface area contributed by atoms with Crippen LogP contribution in [0.1, 0.15) is 33.9 Å². The summed E-state index contributed by atoms with van der Waals surface area (Å²) in [5.41, 5.74) is 8.65. The van der Waals surface area contributed by atoms with Crippen LogP contribution < -0.4 is 14.2 Å².